The number of alkyl carbamates (subject to hydrolysis) is 1. The first-order chi connectivity index (χ1) is 13.8. The van der Waals surface area contributed by atoms with Gasteiger partial charge < -0.3 is 30.0 Å². The highest BCUT2D eigenvalue weighted by molar-refractivity contribution is 5.90. The van der Waals surface area contributed by atoms with Crippen molar-refractivity contribution in [3.63, 3.8) is 0 Å². The van der Waals surface area contributed by atoms with Gasteiger partial charge in [0.15, 0.2) is 0 Å². The van der Waals surface area contributed by atoms with Crippen LogP contribution in [-0.4, -0.2) is 62.0 Å². The topological polar surface area (TPSA) is 140 Å². The minimum atomic E-state index is -1.37. The van der Waals surface area contributed by atoms with E-state index in [1.165, 1.54) is 7.11 Å². The van der Waals surface area contributed by atoms with Crippen LogP contribution in [0, 0.1) is 5.92 Å². The number of benzene rings is 1. The first-order valence-electron chi connectivity index (χ1n) is 8.85. The number of methoxy groups -OCH3 is 2. The monoisotopic (exact) mass is 410 g/mol. The fourth-order valence-corrected chi connectivity index (χ4v) is 2.38. The molecule has 29 heavy (non-hydrogen) atoms. The summed E-state index contributed by atoms with van der Waals surface area (Å²) in [7, 11) is 2.34. The lowest BCUT2D eigenvalue weighted by molar-refractivity contribution is -0.148. The highest BCUT2D eigenvalue weighted by atomic mass is 16.5. The highest BCUT2D eigenvalue weighted by Gasteiger charge is 2.32. The van der Waals surface area contributed by atoms with E-state index in [0.717, 1.165) is 12.7 Å². The van der Waals surface area contributed by atoms with Crippen molar-refractivity contribution in [2.45, 2.75) is 32.0 Å². The van der Waals surface area contributed by atoms with Crippen LogP contribution in [0.25, 0.3) is 0 Å². The van der Waals surface area contributed by atoms with E-state index in [2.05, 4.69) is 20.1 Å². The van der Waals surface area contributed by atoms with E-state index in [1.54, 1.807) is 31.2 Å². The third-order valence-electron chi connectivity index (χ3n) is 4.04. The van der Waals surface area contributed by atoms with Crippen molar-refractivity contribution in [1.29, 1.82) is 0 Å². The SMILES string of the molecule is COC(=O)C[C@H](C)[C@@H](NC(=O)[C@H](CO)NC(=O)OCc1ccccc1)C(=O)OC. The lowest BCUT2D eigenvalue weighted by Gasteiger charge is -2.24. The maximum atomic E-state index is 12.4. The van der Waals surface area contributed by atoms with Gasteiger partial charge in [-0.3, -0.25) is 9.59 Å². The zero-order valence-electron chi connectivity index (χ0n) is 16.5. The van der Waals surface area contributed by atoms with Crippen LogP contribution in [0.2, 0.25) is 0 Å². The maximum absolute atomic E-state index is 12.4. The molecular weight excluding hydrogens is 384 g/mol. The Labute approximate surface area is 168 Å². The number of nitrogens with one attached hydrogen (secondary N) is 2. The summed E-state index contributed by atoms with van der Waals surface area (Å²) in [6.07, 6.45) is -1.06. The Kier molecular flexibility index (Phi) is 10.2. The molecule has 1 rings (SSSR count). The maximum Gasteiger partial charge on any atom is 0.408 e. The second-order valence-corrected chi connectivity index (χ2v) is 6.21. The Morgan fingerprint density at radius 2 is 1.69 bits per heavy atom. The van der Waals surface area contributed by atoms with Crippen LogP contribution in [0.5, 0.6) is 0 Å². The van der Waals surface area contributed by atoms with Crippen LogP contribution in [0.15, 0.2) is 30.3 Å². The van der Waals surface area contributed by atoms with Crippen molar-refractivity contribution in [1.82, 2.24) is 10.6 Å². The van der Waals surface area contributed by atoms with Crippen LogP contribution in [0.3, 0.4) is 0 Å². The minimum Gasteiger partial charge on any atom is -0.469 e. The molecule has 0 radical (unpaired) electrons. The molecule has 0 saturated carbocycles. The standard InChI is InChI=1S/C19H26N2O8/c1-12(9-15(23)27-2)16(18(25)28-3)21-17(24)14(10-22)20-19(26)29-11-13-7-5-4-6-8-13/h4-8,12,14,16,22H,9-11H2,1-3H3,(H,20,26)(H,21,24)/t12-,14-,16+/m0/s1. The predicted octanol–water partition coefficient (Wildman–Crippen LogP) is 0.131. The number of ether oxygens (including phenoxy) is 3. The van der Waals surface area contributed by atoms with Crippen molar-refractivity contribution in [3.05, 3.63) is 35.9 Å². The summed E-state index contributed by atoms with van der Waals surface area (Å²) in [5.74, 6) is -2.83. The number of hydrogen-bond donors (Lipinski definition) is 3. The number of hydrogen-bond acceptors (Lipinski definition) is 8. The largest absolute Gasteiger partial charge is 0.469 e. The van der Waals surface area contributed by atoms with Gasteiger partial charge in [-0.25, -0.2) is 9.59 Å². The molecule has 0 bridgehead atoms. The van der Waals surface area contributed by atoms with E-state index in [0.29, 0.717) is 0 Å². The summed E-state index contributed by atoms with van der Waals surface area (Å²) in [6.45, 7) is 0.799. The Morgan fingerprint density at radius 3 is 2.24 bits per heavy atom. The van der Waals surface area contributed by atoms with Crippen molar-refractivity contribution in [2.24, 2.45) is 5.92 Å². The van der Waals surface area contributed by atoms with Gasteiger partial charge in [0, 0.05) is 0 Å². The van der Waals surface area contributed by atoms with Gasteiger partial charge in [-0.2, -0.15) is 0 Å². The smallest absolute Gasteiger partial charge is 0.408 e. The summed E-state index contributed by atoms with van der Waals surface area (Å²) in [4.78, 5) is 47.8. The first kappa shape index (κ1) is 23.9. The van der Waals surface area contributed by atoms with E-state index >= 15 is 0 Å². The van der Waals surface area contributed by atoms with Gasteiger partial charge in [-0.15, -0.1) is 0 Å². The van der Waals surface area contributed by atoms with E-state index in [-0.39, 0.29) is 13.0 Å². The molecule has 10 heteroatoms. The fourth-order valence-electron chi connectivity index (χ4n) is 2.38. The van der Waals surface area contributed by atoms with E-state index < -0.39 is 48.5 Å². The van der Waals surface area contributed by atoms with Crippen molar-refractivity contribution in [3.8, 4) is 0 Å². The summed E-state index contributed by atoms with van der Waals surface area (Å²) >= 11 is 0. The van der Waals surface area contributed by atoms with Gasteiger partial charge in [0.05, 0.1) is 27.2 Å². The average molecular weight is 410 g/mol. The summed E-state index contributed by atoms with van der Waals surface area (Å²) < 4.78 is 14.2. The van der Waals surface area contributed by atoms with Crippen LogP contribution >= 0.6 is 0 Å². The Hall–Kier alpha value is -3.14. The van der Waals surface area contributed by atoms with Gasteiger partial charge >= 0.3 is 18.0 Å². The summed E-state index contributed by atoms with van der Waals surface area (Å²) in [5.41, 5.74) is 0.745. The van der Waals surface area contributed by atoms with E-state index in [9.17, 15) is 24.3 Å². The van der Waals surface area contributed by atoms with Gasteiger partial charge in [0.2, 0.25) is 5.91 Å². The van der Waals surface area contributed by atoms with Gasteiger partial charge in [0.1, 0.15) is 18.7 Å². The zero-order valence-corrected chi connectivity index (χ0v) is 16.5. The van der Waals surface area contributed by atoms with Gasteiger partial charge in [0.25, 0.3) is 0 Å². The molecule has 10 nitrogen and oxygen atoms in total. The molecule has 2 amide bonds. The highest BCUT2D eigenvalue weighted by Crippen LogP contribution is 2.11. The van der Waals surface area contributed by atoms with Gasteiger partial charge in [-0.1, -0.05) is 37.3 Å². The Morgan fingerprint density at radius 1 is 1.03 bits per heavy atom. The molecule has 1 aromatic carbocycles. The second kappa shape index (κ2) is 12.3. The number of amides is 2. The molecule has 3 N–H and O–H groups in total. The number of rotatable bonds is 10. The van der Waals surface area contributed by atoms with Crippen LogP contribution in [0.4, 0.5) is 4.79 Å². The molecule has 0 saturated heterocycles. The first-order valence-corrected chi connectivity index (χ1v) is 8.85. The molecule has 0 aliphatic rings. The molecular formula is C19H26N2O8. The molecule has 0 spiro atoms. The molecule has 0 fully saturated rings. The predicted molar refractivity (Wildman–Crippen MR) is 100 cm³/mol. The minimum absolute atomic E-state index is 0.0204. The zero-order chi connectivity index (χ0) is 21.8. The second-order valence-electron chi connectivity index (χ2n) is 6.21. The molecule has 0 aliphatic heterocycles. The average Bonchev–Trinajstić information content (AvgIpc) is 2.73. The lowest BCUT2D eigenvalue weighted by atomic mass is 9.98. The number of carbonyl (C=O) groups is 4. The Balaban J connectivity index is 2.68. The summed E-state index contributed by atoms with van der Waals surface area (Å²) in [6, 6.07) is 6.35. The van der Waals surface area contributed by atoms with E-state index in [4.69, 9.17) is 4.74 Å². The summed E-state index contributed by atoms with van der Waals surface area (Å²) in [5, 5.41) is 14.0. The van der Waals surface area contributed by atoms with Crippen molar-refractivity contribution < 1.29 is 38.5 Å². The third-order valence-corrected chi connectivity index (χ3v) is 4.04. The number of esters is 2. The normalized spacial score (nSPS) is 13.4. The fraction of sp³-hybridized carbons (Fsp3) is 0.474. The lowest BCUT2D eigenvalue weighted by Crippen LogP contribution is -2.55. The van der Waals surface area contributed by atoms with Crippen LogP contribution in [0.1, 0.15) is 18.9 Å². The van der Waals surface area contributed by atoms with E-state index in [1.807, 2.05) is 6.07 Å². The molecule has 3 atom stereocenters. The molecule has 0 heterocycles. The number of carbonyl (C=O) groups excluding carboxylic acids is 4. The molecule has 160 valence electrons. The van der Waals surface area contributed by atoms with Crippen LogP contribution < -0.4 is 10.6 Å². The molecule has 0 aliphatic carbocycles. The molecule has 1 aromatic rings. The number of aliphatic hydroxyl groups excluding tert-OH is 1. The van der Waals surface area contributed by atoms with Crippen molar-refractivity contribution >= 4 is 23.9 Å². The van der Waals surface area contributed by atoms with Crippen LogP contribution in [-0.2, 0) is 35.2 Å². The van der Waals surface area contributed by atoms with Crippen molar-refractivity contribution in [2.75, 3.05) is 20.8 Å². The Bertz CT molecular complexity index is 695. The molecule has 0 aromatic heterocycles. The number of aliphatic hydroxyl groups is 1. The third kappa shape index (κ3) is 8.18. The molecule has 0 unspecified atom stereocenters. The van der Waals surface area contributed by atoms with Gasteiger partial charge in [-0.05, 0) is 11.5 Å². The quantitative estimate of drug-likeness (QED) is 0.365.